The van der Waals surface area contributed by atoms with Crippen LogP contribution in [-0.2, 0) is 0 Å². The molecule has 0 bridgehead atoms. The number of para-hydroxylation sites is 1. The van der Waals surface area contributed by atoms with E-state index in [2.05, 4.69) is 107 Å². The zero-order valence-electron chi connectivity index (χ0n) is 23.7. The predicted molar refractivity (Wildman–Crippen MR) is 164 cm³/mol. The standard InChI is InChI=1S/C30H49OP3/c1-19(2)32(20(3)4)25-17-28(33(21(5)6)22(7)8)30(26-15-13-14-16-27(26)31)29(18-25)34(23(9)10)24(11)12/h13-24,31H,1-12H3. The van der Waals surface area contributed by atoms with Crippen molar-refractivity contribution in [3.63, 3.8) is 0 Å². The fourth-order valence-electron chi connectivity index (χ4n) is 5.61. The molecule has 0 saturated carbocycles. The number of hydrogen-bond acceptors (Lipinski definition) is 1. The van der Waals surface area contributed by atoms with Crippen molar-refractivity contribution in [3.05, 3.63) is 36.4 Å². The predicted octanol–water partition coefficient (Wildman–Crippen LogP) is 8.83. The second-order valence-corrected chi connectivity index (χ2v) is 21.3. The van der Waals surface area contributed by atoms with Crippen molar-refractivity contribution in [1.29, 1.82) is 0 Å². The van der Waals surface area contributed by atoms with Crippen LogP contribution in [0, 0.1) is 0 Å². The summed E-state index contributed by atoms with van der Waals surface area (Å²) in [6.45, 7) is 28.8. The molecule has 34 heavy (non-hydrogen) atoms. The van der Waals surface area contributed by atoms with Gasteiger partial charge in [0.15, 0.2) is 0 Å². The van der Waals surface area contributed by atoms with Gasteiger partial charge in [-0.2, -0.15) is 0 Å². The second-order valence-electron chi connectivity index (χ2n) is 11.2. The number of phenolic OH excluding ortho intramolecular Hbond substituents is 1. The van der Waals surface area contributed by atoms with E-state index >= 15 is 0 Å². The molecule has 0 aliphatic carbocycles. The Morgan fingerprint density at radius 3 is 1.21 bits per heavy atom. The van der Waals surface area contributed by atoms with Gasteiger partial charge in [0, 0.05) is 11.1 Å². The molecule has 0 radical (unpaired) electrons. The molecule has 190 valence electrons. The minimum atomic E-state index is -0.380. The minimum absolute atomic E-state index is 0.264. The summed E-state index contributed by atoms with van der Waals surface area (Å²) in [5.41, 5.74) is 6.06. The van der Waals surface area contributed by atoms with Crippen LogP contribution >= 0.6 is 23.8 Å². The van der Waals surface area contributed by atoms with Crippen LogP contribution in [0.4, 0.5) is 0 Å². The van der Waals surface area contributed by atoms with Crippen molar-refractivity contribution in [2.45, 2.75) is 117 Å². The van der Waals surface area contributed by atoms with Gasteiger partial charge in [0.25, 0.3) is 0 Å². The highest BCUT2D eigenvalue weighted by atomic mass is 31.1. The molecule has 1 N–H and O–H groups in total. The van der Waals surface area contributed by atoms with Crippen LogP contribution in [0.2, 0.25) is 0 Å². The van der Waals surface area contributed by atoms with Crippen LogP contribution < -0.4 is 15.9 Å². The zero-order chi connectivity index (χ0) is 25.9. The van der Waals surface area contributed by atoms with Gasteiger partial charge in [0.05, 0.1) is 0 Å². The first-order chi connectivity index (χ1) is 15.8. The molecule has 0 fully saturated rings. The van der Waals surface area contributed by atoms with E-state index in [1.807, 2.05) is 12.1 Å². The van der Waals surface area contributed by atoms with Gasteiger partial charge >= 0.3 is 0 Å². The second kappa shape index (κ2) is 12.7. The van der Waals surface area contributed by atoms with E-state index in [-0.39, 0.29) is 23.8 Å². The molecule has 0 spiro atoms. The summed E-state index contributed by atoms with van der Waals surface area (Å²) in [5.74, 6) is 0.414. The summed E-state index contributed by atoms with van der Waals surface area (Å²) in [5, 5.41) is 15.7. The maximum absolute atomic E-state index is 11.1. The van der Waals surface area contributed by atoms with Crippen LogP contribution in [-0.4, -0.2) is 39.1 Å². The lowest BCUT2D eigenvalue weighted by molar-refractivity contribution is 0.477. The Labute approximate surface area is 214 Å². The Bertz CT molecular complexity index is 865. The van der Waals surface area contributed by atoms with E-state index in [1.165, 1.54) is 16.2 Å². The van der Waals surface area contributed by atoms with Crippen molar-refractivity contribution in [3.8, 4) is 16.9 Å². The lowest BCUT2D eigenvalue weighted by atomic mass is 10.0. The zero-order valence-corrected chi connectivity index (χ0v) is 26.4. The molecule has 0 saturated heterocycles. The van der Waals surface area contributed by atoms with Crippen LogP contribution in [0.25, 0.3) is 11.1 Å². The van der Waals surface area contributed by atoms with Gasteiger partial charge in [-0.15, -0.1) is 0 Å². The summed E-state index contributed by atoms with van der Waals surface area (Å²) in [4.78, 5) is 0. The maximum Gasteiger partial charge on any atom is 0.123 e. The molecule has 2 aromatic rings. The van der Waals surface area contributed by atoms with Crippen LogP contribution in [0.15, 0.2) is 36.4 Å². The molecule has 2 aromatic carbocycles. The van der Waals surface area contributed by atoms with Gasteiger partial charge in [0.1, 0.15) is 5.75 Å². The maximum atomic E-state index is 11.1. The van der Waals surface area contributed by atoms with Crippen molar-refractivity contribution >= 4 is 39.7 Å². The summed E-state index contributed by atoms with van der Waals surface area (Å²) >= 11 is 0. The van der Waals surface area contributed by atoms with E-state index < -0.39 is 0 Å². The van der Waals surface area contributed by atoms with Crippen molar-refractivity contribution < 1.29 is 5.11 Å². The molecular formula is C30H49OP3. The van der Waals surface area contributed by atoms with Crippen molar-refractivity contribution in [2.75, 3.05) is 0 Å². The Morgan fingerprint density at radius 2 is 0.882 bits per heavy atom. The molecule has 1 nitrogen and oxygen atoms in total. The Morgan fingerprint density at radius 1 is 0.529 bits per heavy atom. The van der Waals surface area contributed by atoms with E-state index in [0.29, 0.717) is 39.7 Å². The molecule has 0 amide bonds. The fourth-order valence-corrected chi connectivity index (χ4v) is 15.0. The first-order valence-corrected chi connectivity index (χ1v) is 17.5. The smallest absolute Gasteiger partial charge is 0.123 e. The van der Waals surface area contributed by atoms with Crippen molar-refractivity contribution in [2.24, 2.45) is 0 Å². The van der Waals surface area contributed by atoms with Crippen LogP contribution in [0.3, 0.4) is 0 Å². The number of phenols is 1. The summed E-state index contributed by atoms with van der Waals surface area (Å²) in [7, 11) is -1.02. The molecule has 0 aliphatic rings. The minimum Gasteiger partial charge on any atom is -0.507 e. The average Bonchev–Trinajstić information content (AvgIpc) is 2.67. The van der Waals surface area contributed by atoms with Crippen molar-refractivity contribution in [1.82, 2.24) is 0 Å². The normalized spacial score (nSPS) is 12.9. The van der Waals surface area contributed by atoms with E-state index in [9.17, 15) is 5.11 Å². The Balaban J connectivity index is 3.12. The summed E-state index contributed by atoms with van der Waals surface area (Å²) in [6, 6.07) is 13.2. The Kier molecular flexibility index (Phi) is 11.1. The lowest BCUT2D eigenvalue weighted by Crippen LogP contribution is -2.31. The third-order valence-corrected chi connectivity index (χ3v) is 15.8. The van der Waals surface area contributed by atoms with Gasteiger partial charge in [-0.25, -0.2) is 0 Å². The highest BCUT2D eigenvalue weighted by Gasteiger charge is 2.32. The van der Waals surface area contributed by atoms with E-state index in [0.717, 1.165) is 5.56 Å². The third-order valence-electron chi connectivity index (χ3n) is 6.45. The van der Waals surface area contributed by atoms with Gasteiger partial charge in [-0.1, -0.05) is 125 Å². The fraction of sp³-hybridized carbons (Fsp3) is 0.600. The molecule has 2 rings (SSSR count). The van der Waals surface area contributed by atoms with E-state index in [1.54, 1.807) is 5.30 Å². The summed E-state index contributed by atoms with van der Waals surface area (Å²) in [6.07, 6.45) is 0. The Hall–Kier alpha value is -0.470. The molecule has 0 unspecified atom stereocenters. The molecule has 4 heteroatoms. The van der Waals surface area contributed by atoms with Gasteiger partial charge in [0.2, 0.25) is 0 Å². The molecule has 0 atom stereocenters. The first kappa shape index (κ1) is 29.8. The van der Waals surface area contributed by atoms with Gasteiger partial charge < -0.3 is 5.11 Å². The highest BCUT2D eigenvalue weighted by Crippen LogP contribution is 2.54. The lowest BCUT2D eigenvalue weighted by Gasteiger charge is -2.36. The number of hydrogen-bond donors (Lipinski definition) is 1. The SMILES string of the molecule is CC(C)P(c1cc(P(C(C)C)C(C)C)c(-c2ccccc2O)c(P(C(C)C)C(C)C)c1)C(C)C. The third kappa shape index (κ3) is 6.64. The average molecular weight is 519 g/mol. The molecule has 0 aromatic heterocycles. The van der Waals surface area contributed by atoms with Crippen LogP contribution in [0.1, 0.15) is 83.1 Å². The quantitative estimate of drug-likeness (QED) is 0.312. The topological polar surface area (TPSA) is 20.2 Å². The number of benzene rings is 2. The first-order valence-electron chi connectivity index (χ1n) is 13.1. The summed E-state index contributed by atoms with van der Waals surface area (Å²) < 4.78 is 0. The largest absolute Gasteiger partial charge is 0.507 e. The highest BCUT2D eigenvalue weighted by molar-refractivity contribution is 7.70. The molecule has 0 heterocycles. The monoisotopic (exact) mass is 518 g/mol. The van der Waals surface area contributed by atoms with E-state index in [4.69, 9.17) is 0 Å². The van der Waals surface area contributed by atoms with Crippen LogP contribution in [0.5, 0.6) is 5.75 Å². The number of rotatable bonds is 10. The molecular weight excluding hydrogens is 469 g/mol. The van der Waals surface area contributed by atoms with Gasteiger partial charge in [-0.05, 0) is 68.1 Å². The molecule has 0 aliphatic heterocycles. The van der Waals surface area contributed by atoms with Gasteiger partial charge in [-0.3, -0.25) is 0 Å². The number of aromatic hydroxyl groups is 1.